The SMILES string of the molecule is O=C(Cc1cccc(Cl)c1Cl)c1cccs1. The molecule has 16 heavy (non-hydrogen) atoms. The van der Waals surface area contributed by atoms with E-state index in [4.69, 9.17) is 23.2 Å². The fourth-order valence-corrected chi connectivity index (χ4v) is 2.43. The van der Waals surface area contributed by atoms with E-state index in [1.54, 1.807) is 12.1 Å². The number of benzene rings is 1. The van der Waals surface area contributed by atoms with Gasteiger partial charge < -0.3 is 0 Å². The summed E-state index contributed by atoms with van der Waals surface area (Å²) in [5.41, 5.74) is 0.771. The molecule has 0 N–H and O–H groups in total. The van der Waals surface area contributed by atoms with Crippen LogP contribution >= 0.6 is 34.5 Å². The van der Waals surface area contributed by atoms with Gasteiger partial charge in [0.1, 0.15) is 0 Å². The van der Waals surface area contributed by atoms with Crippen LogP contribution in [0.1, 0.15) is 15.2 Å². The van der Waals surface area contributed by atoms with Gasteiger partial charge in [-0.3, -0.25) is 4.79 Å². The van der Waals surface area contributed by atoms with Crippen molar-refractivity contribution in [2.45, 2.75) is 6.42 Å². The molecule has 2 rings (SSSR count). The Labute approximate surface area is 108 Å². The lowest BCUT2D eigenvalue weighted by Gasteiger charge is -2.03. The van der Waals surface area contributed by atoms with E-state index in [0.29, 0.717) is 16.5 Å². The molecular formula is C12H8Cl2OS. The highest BCUT2D eigenvalue weighted by atomic mass is 35.5. The van der Waals surface area contributed by atoms with Crippen LogP contribution in [0.5, 0.6) is 0 Å². The maximum absolute atomic E-state index is 11.8. The van der Waals surface area contributed by atoms with Gasteiger partial charge in [-0.2, -0.15) is 0 Å². The monoisotopic (exact) mass is 270 g/mol. The van der Waals surface area contributed by atoms with Gasteiger partial charge in [-0.15, -0.1) is 11.3 Å². The van der Waals surface area contributed by atoms with Crippen LogP contribution in [0, 0.1) is 0 Å². The Bertz CT molecular complexity index is 506. The van der Waals surface area contributed by atoms with E-state index in [0.717, 1.165) is 10.4 Å². The van der Waals surface area contributed by atoms with Gasteiger partial charge in [-0.1, -0.05) is 41.4 Å². The van der Waals surface area contributed by atoms with Gasteiger partial charge in [0.15, 0.2) is 5.78 Å². The van der Waals surface area contributed by atoms with Crippen LogP contribution in [0.3, 0.4) is 0 Å². The third-order valence-electron chi connectivity index (χ3n) is 2.18. The normalized spacial score (nSPS) is 10.4. The first kappa shape index (κ1) is 11.6. The number of ketones is 1. The number of halogens is 2. The molecule has 2 aromatic rings. The zero-order chi connectivity index (χ0) is 11.5. The van der Waals surface area contributed by atoms with E-state index in [2.05, 4.69) is 0 Å². The van der Waals surface area contributed by atoms with Crippen LogP contribution < -0.4 is 0 Å². The number of carbonyl (C=O) groups is 1. The Morgan fingerprint density at radius 1 is 1.19 bits per heavy atom. The van der Waals surface area contributed by atoms with Crippen molar-refractivity contribution in [2.75, 3.05) is 0 Å². The van der Waals surface area contributed by atoms with Gasteiger partial charge in [0, 0.05) is 6.42 Å². The second-order valence-electron chi connectivity index (χ2n) is 3.29. The van der Waals surface area contributed by atoms with Crippen molar-refractivity contribution in [3.63, 3.8) is 0 Å². The molecule has 0 unspecified atom stereocenters. The molecule has 1 aromatic heterocycles. The maximum Gasteiger partial charge on any atom is 0.177 e. The third kappa shape index (κ3) is 2.46. The average Bonchev–Trinajstić information content (AvgIpc) is 2.78. The summed E-state index contributed by atoms with van der Waals surface area (Å²) in [4.78, 5) is 12.6. The Morgan fingerprint density at radius 2 is 2.00 bits per heavy atom. The molecule has 0 saturated carbocycles. The summed E-state index contributed by atoms with van der Waals surface area (Å²) in [5, 5.41) is 2.83. The minimum absolute atomic E-state index is 0.0687. The fourth-order valence-electron chi connectivity index (χ4n) is 1.38. The molecule has 0 amide bonds. The highest BCUT2D eigenvalue weighted by Crippen LogP contribution is 2.26. The quantitative estimate of drug-likeness (QED) is 0.752. The average molecular weight is 271 g/mol. The zero-order valence-corrected chi connectivity index (χ0v) is 10.6. The number of carbonyl (C=O) groups excluding carboxylic acids is 1. The fraction of sp³-hybridized carbons (Fsp3) is 0.0833. The lowest BCUT2D eigenvalue weighted by atomic mass is 10.1. The van der Waals surface area contributed by atoms with Crippen molar-refractivity contribution in [3.05, 3.63) is 56.2 Å². The molecule has 0 aliphatic carbocycles. The smallest absolute Gasteiger partial charge is 0.177 e. The standard InChI is InChI=1S/C12H8Cl2OS/c13-9-4-1-3-8(12(9)14)7-10(15)11-5-2-6-16-11/h1-6H,7H2. The summed E-state index contributed by atoms with van der Waals surface area (Å²) in [6, 6.07) is 9.00. The predicted molar refractivity (Wildman–Crippen MR) is 68.8 cm³/mol. The number of hydrogen-bond donors (Lipinski definition) is 0. The van der Waals surface area contributed by atoms with Gasteiger partial charge in [0.2, 0.25) is 0 Å². The lowest BCUT2D eigenvalue weighted by molar-refractivity contribution is 0.0997. The van der Waals surface area contributed by atoms with Crippen molar-refractivity contribution in [1.29, 1.82) is 0 Å². The van der Waals surface area contributed by atoms with E-state index in [9.17, 15) is 4.79 Å². The minimum atomic E-state index is 0.0687. The molecule has 0 aliphatic heterocycles. The molecule has 4 heteroatoms. The van der Waals surface area contributed by atoms with Crippen LogP contribution in [-0.2, 0) is 6.42 Å². The van der Waals surface area contributed by atoms with Crippen LogP contribution in [0.4, 0.5) is 0 Å². The number of Topliss-reactive ketones (excluding diaryl/α,β-unsaturated/α-hetero) is 1. The summed E-state index contributed by atoms with van der Waals surface area (Å²) in [7, 11) is 0. The summed E-state index contributed by atoms with van der Waals surface area (Å²) < 4.78 is 0. The van der Waals surface area contributed by atoms with E-state index < -0.39 is 0 Å². The highest BCUT2D eigenvalue weighted by Gasteiger charge is 2.11. The van der Waals surface area contributed by atoms with Gasteiger partial charge >= 0.3 is 0 Å². The third-order valence-corrected chi connectivity index (χ3v) is 3.95. The summed E-state index contributed by atoms with van der Waals surface area (Å²) in [6.45, 7) is 0. The Kier molecular flexibility index (Phi) is 3.64. The Hall–Kier alpha value is -0.830. The zero-order valence-electron chi connectivity index (χ0n) is 8.24. The lowest BCUT2D eigenvalue weighted by Crippen LogP contribution is -2.01. The molecule has 1 nitrogen and oxygen atoms in total. The molecule has 1 aromatic carbocycles. The van der Waals surface area contributed by atoms with Crippen LogP contribution in [-0.4, -0.2) is 5.78 Å². The number of thiophene rings is 1. The van der Waals surface area contributed by atoms with Gasteiger partial charge in [-0.25, -0.2) is 0 Å². The topological polar surface area (TPSA) is 17.1 Å². The molecule has 0 bridgehead atoms. The molecule has 0 aliphatic rings. The van der Waals surface area contributed by atoms with E-state index in [1.165, 1.54) is 11.3 Å². The largest absolute Gasteiger partial charge is 0.293 e. The summed E-state index contributed by atoms with van der Waals surface area (Å²) in [6.07, 6.45) is 0.292. The minimum Gasteiger partial charge on any atom is -0.293 e. The molecule has 0 saturated heterocycles. The molecular weight excluding hydrogens is 263 g/mol. The molecule has 0 atom stereocenters. The molecule has 82 valence electrons. The first-order chi connectivity index (χ1) is 7.68. The second kappa shape index (κ2) is 5.00. The Balaban J connectivity index is 2.22. The first-order valence-electron chi connectivity index (χ1n) is 4.68. The summed E-state index contributed by atoms with van der Waals surface area (Å²) in [5.74, 6) is 0.0687. The molecule has 0 fully saturated rings. The van der Waals surface area contributed by atoms with E-state index >= 15 is 0 Å². The van der Waals surface area contributed by atoms with Gasteiger partial charge in [0.25, 0.3) is 0 Å². The predicted octanol–water partition coefficient (Wildman–Crippen LogP) is 4.48. The van der Waals surface area contributed by atoms with Crippen LogP contribution in [0.15, 0.2) is 35.7 Å². The van der Waals surface area contributed by atoms with Crippen LogP contribution in [0.2, 0.25) is 10.0 Å². The van der Waals surface area contributed by atoms with Crippen molar-refractivity contribution in [2.24, 2.45) is 0 Å². The van der Waals surface area contributed by atoms with Crippen molar-refractivity contribution >= 4 is 40.3 Å². The number of rotatable bonds is 3. The van der Waals surface area contributed by atoms with Gasteiger partial charge in [-0.05, 0) is 23.1 Å². The molecule has 1 heterocycles. The van der Waals surface area contributed by atoms with E-state index in [1.807, 2.05) is 23.6 Å². The van der Waals surface area contributed by atoms with Crippen molar-refractivity contribution in [3.8, 4) is 0 Å². The van der Waals surface area contributed by atoms with Crippen molar-refractivity contribution in [1.82, 2.24) is 0 Å². The second-order valence-corrected chi connectivity index (χ2v) is 5.02. The van der Waals surface area contributed by atoms with Crippen molar-refractivity contribution < 1.29 is 4.79 Å². The highest BCUT2D eigenvalue weighted by molar-refractivity contribution is 7.12. The Morgan fingerprint density at radius 3 is 2.69 bits per heavy atom. The maximum atomic E-state index is 11.8. The summed E-state index contributed by atoms with van der Waals surface area (Å²) >= 11 is 13.3. The first-order valence-corrected chi connectivity index (χ1v) is 6.31. The van der Waals surface area contributed by atoms with Crippen LogP contribution in [0.25, 0.3) is 0 Å². The van der Waals surface area contributed by atoms with Gasteiger partial charge in [0.05, 0.1) is 14.9 Å². The van der Waals surface area contributed by atoms with E-state index in [-0.39, 0.29) is 5.78 Å². The molecule has 0 spiro atoms. The number of hydrogen-bond acceptors (Lipinski definition) is 2. The molecule has 0 radical (unpaired) electrons.